The van der Waals surface area contributed by atoms with Gasteiger partial charge in [-0.15, -0.1) is 22.7 Å². The standard InChI is InChI=1S/C20H14N4S2/c1-13-3-5-15(25-13)7-9-17-18(10-8-16-6-4-14(2)26-16)24-20(12-22)19(11-21)23-17/h3-10H,1-2H3/b9-7+,10-8+. The van der Waals surface area contributed by atoms with E-state index in [0.29, 0.717) is 11.4 Å². The molecule has 0 aliphatic heterocycles. The third-order valence-electron chi connectivity index (χ3n) is 3.50. The van der Waals surface area contributed by atoms with Crippen molar-refractivity contribution in [1.29, 1.82) is 10.5 Å². The van der Waals surface area contributed by atoms with E-state index < -0.39 is 0 Å². The van der Waals surface area contributed by atoms with Crippen LogP contribution in [0.3, 0.4) is 0 Å². The van der Waals surface area contributed by atoms with Crippen molar-refractivity contribution in [2.75, 3.05) is 0 Å². The van der Waals surface area contributed by atoms with Gasteiger partial charge in [0, 0.05) is 19.5 Å². The van der Waals surface area contributed by atoms with Crippen molar-refractivity contribution >= 4 is 47.0 Å². The fraction of sp³-hybridized carbons (Fsp3) is 0.100. The number of aryl methyl sites for hydroxylation is 2. The van der Waals surface area contributed by atoms with Gasteiger partial charge in [0.2, 0.25) is 0 Å². The summed E-state index contributed by atoms with van der Waals surface area (Å²) in [4.78, 5) is 13.3. The number of hydrogen-bond acceptors (Lipinski definition) is 6. The van der Waals surface area contributed by atoms with E-state index in [0.717, 1.165) is 9.75 Å². The minimum atomic E-state index is 0.0404. The maximum absolute atomic E-state index is 9.22. The Morgan fingerprint density at radius 2 is 1.15 bits per heavy atom. The highest BCUT2D eigenvalue weighted by Gasteiger charge is 2.10. The lowest BCUT2D eigenvalue weighted by Crippen LogP contribution is -2.00. The molecule has 3 aromatic heterocycles. The van der Waals surface area contributed by atoms with Gasteiger partial charge in [-0.05, 0) is 62.4 Å². The zero-order valence-corrected chi connectivity index (χ0v) is 15.9. The molecule has 0 aromatic carbocycles. The maximum Gasteiger partial charge on any atom is 0.177 e. The number of aromatic nitrogens is 2. The topological polar surface area (TPSA) is 73.4 Å². The molecule has 0 saturated carbocycles. The van der Waals surface area contributed by atoms with E-state index in [4.69, 9.17) is 0 Å². The Morgan fingerprint density at radius 1 is 0.731 bits per heavy atom. The molecule has 0 unspecified atom stereocenters. The maximum atomic E-state index is 9.22. The summed E-state index contributed by atoms with van der Waals surface area (Å²) in [5, 5.41) is 18.4. The van der Waals surface area contributed by atoms with E-state index in [1.165, 1.54) is 9.75 Å². The van der Waals surface area contributed by atoms with Gasteiger partial charge in [-0.3, -0.25) is 0 Å². The van der Waals surface area contributed by atoms with E-state index >= 15 is 0 Å². The number of thiophene rings is 2. The molecule has 0 N–H and O–H groups in total. The first-order chi connectivity index (χ1) is 12.6. The van der Waals surface area contributed by atoms with Crippen molar-refractivity contribution < 1.29 is 0 Å². The Balaban J connectivity index is 2.02. The Hall–Kier alpha value is -3.06. The Morgan fingerprint density at radius 3 is 1.46 bits per heavy atom. The summed E-state index contributed by atoms with van der Waals surface area (Å²) >= 11 is 3.35. The average molecular weight is 374 g/mol. The van der Waals surface area contributed by atoms with Crippen molar-refractivity contribution in [1.82, 2.24) is 9.97 Å². The van der Waals surface area contributed by atoms with Gasteiger partial charge in [0.1, 0.15) is 12.1 Å². The molecule has 0 fully saturated rings. The smallest absolute Gasteiger partial charge is 0.177 e. The van der Waals surface area contributed by atoms with E-state index in [2.05, 4.69) is 35.9 Å². The van der Waals surface area contributed by atoms with Crippen molar-refractivity contribution in [2.45, 2.75) is 13.8 Å². The van der Waals surface area contributed by atoms with E-state index in [1.807, 2.05) is 48.6 Å². The molecule has 4 nitrogen and oxygen atoms in total. The first kappa shape index (κ1) is 17.8. The van der Waals surface area contributed by atoms with Crippen LogP contribution in [0.15, 0.2) is 24.3 Å². The van der Waals surface area contributed by atoms with Gasteiger partial charge in [0.15, 0.2) is 11.4 Å². The largest absolute Gasteiger partial charge is 0.232 e. The van der Waals surface area contributed by atoms with Gasteiger partial charge in [0.05, 0.1) is 11.4 Å². The molecule has 0 aliphatic rings. The molecule has 0 saturated heterocycles. The van der Waals surface area contributed by atoms with Gasteiger partial charge < -0.3 is 0 Å². The zero-order chi connectivity index (χ0) is 18.5. The fourth-order valence-corrected chi connectivity index (χ4v) is 3.83. The molecular formula is C20H14N4S2. The van der Waals surface area contributed by atoms with Crippen LogP contribution in [0.1, 0.15) is 42.3 Å². The first-order valence-electron chi connectivity index (χ1n) is 7.80. The highest BCUT2D eigenvalue weighted by molar-refractivity contribution is 7.13. The van der Waals surface area contributed by atoms with Gasteiger partial charge in [-0.2, -0.15) is 10.5 Å². The summed E-state index contributed by atoms with van der Waals surface area (Å²) in [6.45, 7) is 4.10. The van der Waals surface area contributed by atoms with Crippen molar-refractivity contribution in [3.05, 3.63) is 66.5 Å². The van der Waals surface area contributed by atoms with Crippen LogP contribution in [-0.2, 0) is 0 Å². The van der Waals surface area contributed by atoms with Crippen LogP contribution in [0.2, 0.25) is 0 Å². The van der Waals surface area contributed by atoms with Crippen LogP contribution in [0.4, 0.5) is 0 Å². The average Bonchev–Trinajstić information content (AvgIpc) is 3.25. The molecule has 0 bridgehead atoms. The lowest BCUT2D eigenvalue weighted by Gasteiger charge is -2.02. The van der Waals surface area contributed by atoms with Crippen LogP contribution in [-0.4, -0.2) is 9.97 Å². The van der Waals surface area contributed by atoms with Gasteiger partial charge in [0.25, 0.3) is 0 Å². The van der Waals surface area contributed by atoms with E-state index in [1.54, 1.807) is 22.7 Å². The van der Waals surface area contributed by atoms with Gasteiger partial charge in [-0.1, -0.05) is 0 Å². The summed E-state index contributed by atoms with van der Waals surface area (Å²) in [5.74, 6) is 0. The normalized spacial score (nSPS) is 11.1. The Kier molecular flexibility index (Phi) is 5.38. The lowest BCUT2D eigenvalue weighted by molar-refractivity contribution is 1.10. The molecular weight excluding hydrogens is 360 g/mol. The molecule has 6 heteroatoms. The molecule has 126 valence electrons. The lowest BCUT2D eigenvalue weighted by atomic mass is 10.2. The highest BCUT2D eigenvalue weighted by Crippen LogP contribution is 2.21. The first-order valence-corrected chi connectivity index (χ1v) is 9.43. The Labute approximate surface area is 160 Å². The molecule has 3 rings (SSSR count). The molecule has 0 amide bonds. The van der Waals surface area contributed by atoms with Crippen LogP contribution in [0, 0.1) is 36.5 Å². The molecule has 3 aromatic rings. The van der Waals surface area contributed by atoms with Crippen molar-refractivity contribution in [3.8, 4) is 12.1 Å². The monoisotopic (exact) mass is 374 g/mol. The summed E-state index contributed by atoms with van der Waals surface area (Å²) < 4.78 is 0. The molecule has 0 spiro atoms. The van der Waals surface area contributed by atoms with Crippen LogP contribution < -0.4 is 0 Å². The summed E-state index contributed by atoms with van der Waals surface area (Å²) in [6, 6.07) is 12.1. The zero-order valence-electron chi connectivity index (χ0n) is 14.2. The molecule has 0 aliphatic carbocycles. The number of nitrogens with zero attached hydrogens (tertiary/aromatic N) is 4. The fourth-order valence-electron chi connectivity index (χ4n) is 2.27. The third kappa shape index (κ3) is 4.12. The van der Waals surface area contributed by atoms with Gasteiger partial charge in [-0.25, -0.2) is 9.97 Å². The van der Waals surface area contributed by atoms with E-state index in [9.17, 15) is 10.5 Å². The summed E-state index contributed by atoms with van der Waals surface area (Å²) in [6.07, 6.45) is 7.56. The minimum absolute atomic E-state index is 0.0404. The minimum Gasteiger partial charge on any atom is -0.232 e. The SMILES string of the molecule is Cc1ccc(/C=C/c2nc(C#N)c(C#N)nc2/C=C/c2ccc(C)s2)s1. The molecule has 0 atom stereocenters. The molecule has 0 radical (unpaired) electrons. The second-order valence-electron chi connectivity index (χ2n) is 5.48. The van der Waals surface area contributed by atoms with Crippen molar-refractivity contribution in [2.24, 2.45) is 0 Å². The quantitative estimate of drug-likeness (QED) is 0.621. The van der Waals surface area contributed by atoms with Crippen LogP contribution in [0.25, 0.3) is 24.3 Å². The summed E-state index contributed by atoms with van der Waals surface area (Å²) in [7, 11) is 0. The second-order valence-corrected chi connectivity index (χ2v) is 8.12. The van der Waals surface area contributed by atoms with Gasteiger partial charge >= 0.3 is 0 Å². The predicted molar refractivity (Wildman–Crippen MR) is 107 cm³/mol. The van der Waals surface area contributed by atoms with Crippen LogP contribution in [0.5, 0.6) is 0 Å². The predicted octanol–water partition coefficient (Wildman–Crippen LogP) is 5.30. The second kappa shape index (κ2) is 7.88. The van der Waals surface area contributed by atoms with Crippen LogP contribution >= 0.6 is 22.7 Å². The Bertz CT molecular complexity index is 1000. The van der Waals surface area contributed by atoms with E-state index in [-0.39, 0.29) is 11.4 Å². The number of nitriles is 2. The number of hydrogen-bond donors (Lipinski definition) is 0. The molecule has 26 heavy (non-hydrogen) atoms. The third-order valence-corrected chi connectivity index (χ3v) is 5.43. The molecule has 3 heterocycles. The highest BCUT2D eigenvalue weighted by atomic mass is 32.1. The summed E-state index contributed by atoms with van der Waals surface area (Å²) in [5.41, 5.74) is 1.21. The number of rotatable bonds is 4. The van der Waals surface area contributed by atoms with Crippen molar-refractivity contribution in [3.63, 3.8) is 0 Å².